The number of piperidine rings is 1. The van der Waals surface area contributed by atoms with E-state index in [0.717, 1.165) is 37.1 Å². The molecule has 1 aromatic rings. The minimum absolute atomic E-state index is 0.270. The van der Waals surface area contributed by atoms with Crippen molar-refractivity contribution in [3.8, 4) is 6.07 Å². The molecule has 0 saturated carbocycles. The third kappa shape index (κ3) is 2.59. The van der Waals surface area contributed by atoms with Crippen molar-refractivity contribution in [2.24, 2.45) is 5.92 Å². The van der Waals surface area contributed by atoms with Crippen LogP contribution >= 0.6 is 0 Å². The molecule has 0 spiro atoms. The summed E-state index contributed by atoms with van der Waals surface area (Å²) >= 11 is 0. The molecule has 0 bridgehead atoms. The summed E-state index contributed by atoms with van der Waals surface area (Å²) in [5.74, 6) is 0.389. The Morgan fingerprint density at radius 2 is 2.35 bits per heavy atom. The van der Waals surface area contributed by atoms with Crippen LogP contribution in [0.25, 0.3) is 0 Å². The fourth-order valence-corrected chi connectivity index (χ4v) is 2.42. The van der Waals surface area contributed by atoms with Crippen molar-refractivity contribution in [2.45, 2.75) is 19.8 Å². The number of aryl methyl sites for hydroxylation is 1. The molecule has 3 nitrogen and oxygen atoms in total. The Bertz CT molecular complexity index is 436. The Morgan fingerprint density at radius 3 is 3.00 bits per heavy atom. The second-order valence-corrected chi connectivity index (χ2v) is 4.75. The third-order valence-electron chi connectivity index (χ3n) is 3.47. The monoisotopic (exact) mass is 230 g/mol. The molecule has 1 heterocycles. The Hall–Kier alpha value is -1.53. The second kappa shape index (κ2) is 5.20. The molecule has 1 N–H and O–H groups in total. The van der Waals surface area contributed by atoms with Crippen LogP contribution in [0.5, 0.6) is 0 Å². The Labute approximate surface area is 102 Å². The summed E-state index contributed by atoms with van der Waals surface area (Å²) in [7, 11) is 0. The van der Waals surface area contributed by atoms with Crippen molar-refractivity contribution in [3.05, 3.63) is 29.3 Å². The SMILES string of the molecule is Cc1cc(N2CCCC(CO)C2)ccc1C#N. The lowest BCUT2D eigenvalue weighted by molar-refractivity contribution is 0.209. The van der Waals surface area contributed by atoms with E-state index in [4.69, 9.17) is 5.26 Å². The summed E-state index contributed by atoms with van der Waals surface area (Å²) in [6, 6.07) is 8.14. The minimum Gasteiger partial charge on any atom is -0.396 e. The van der Waals surface area contributed by atoms with Gasteiger partial charge in [0.2, 0.25) is 0 Å². The van der Waals surface area contributed by atoms with Crippen LogP contribution in [-0.2, 0) is 0 Å². The molecule has 90 valence electrons. The summed E-state index contributed by atoms with van der Waals surface area (Å²) in [4.78, 5) is 2.30. The maximum atomic E-state index is 9.22. The second-order valence-electron chi connectivity index (χ2n) is 4.75. The molecule has 1 aliphatic heterocycles. The quantitative estimate of drug-likeness (QED) is 0.846. The van der Waals surface area contributed by atoms with E-state index in [9.17, 15) is 5.11 Å². The summed E-state index contributed by atoms with van der Waals surface area (Å²) in [5.41, 5.74) is 2.93. The van der Waals surface area contributed by atoms with Gasteiger partial charge in [0, 0.05) is 25.4 Å². The molecule has 2 rings (SSSR count). The number of anilines is 1. The lowest BCUT2D eigenvalue weighted by Crippen LogP contribution is -2.36. The highest BCUT2D eigenvalue weighted by Crippen LogP contribution is 2.24. The van der Waals surface area contributed by atoms with Crippen molar-refractivity contribution >= 4 is 5.69 Å². The van der Waals surface area contributed by atoms with Crippen LogP contribution in [0.3, 0.4) is 0 Å². The van der Waals surface area contributed by atoms with Gasteiger partial charge >= 0.3 is 0 Å². The summed E-state index contributed by atoms with van der Waals surface area (Å²) in [6.45, 7) is 4.20. The molecule has 1 aliphatic rings. The first-order valence-electron chi connectivity index (χ1n) is 6.11. The van der Waals surface area contributed by atoms with Crippen LogP contribution in [-0.4, -0.2) is 24.8 Å². The number of nitriles is 1. The van der Waals surface area contributed by atoms with Gasteiger partial charge in [-0.1, -0.05) is 0 Å². The first-order chi connectivity index (χ1) is 8.24. The molecule has 1 saturated heterocycles. The maximum Gasteiger partial charge on any atom is 0.0994 e. The van der Waals surface area contributed by atoms with Gasteiger partial charge in [-0.3, -0.25) is 0 Å². The summed E-state index contributed by atoms with van der Waals surface area (Å²) in [5, 5.41) is 18.1. The minimum atomic E-state index is 0.270. The molecule has 0 aliphatic carbocycles. The average Bonchev–Trinajstić information content (AvgIpc) is 2.38. The maximum absolute atomic E-state index is 9.22. The molecule has 3 heteroatoms. The van der Waals surface area contributed by atoms with Gasteiger partial charge in [-0.25, -0.2) is 0 Å². The van der Waals surface area contributed by atoms with Crippen molar-refractivity contribution in [1.82, 2.24) is 0 Å². The molecule has 1 atom stereocenters. The standard InChI is InChI=1S/C14H18N2O/c1-11-7-14(5-4-13(11)8-15)16-6-2-3-12(9-16)10-17/h4-5,7,12,17H,2-3,6,9-10H2,1H3. The van der Waals surface area contributed by atoms with Gasteiger partial charge < -0.3 is 10.0 Å². The Morgan fingerprint density at radius 1 is 1.53 bits per heavy atom. The first kappa shape index (κ1) is 11.9. The van der Waals surface area contributed by atoms with Crippen LogP contribution in [0.15, 0.2) is 18.2 Å². The molecule has 1 unspecified atom stereocenters. The zero-order chi connectivity index (χ0) is 12.3. The van der Waals surface area contributed by atoms with Crippen LogP contribution in [0.1, 0.15) is 24.0 Å². The van der Waals surface area contributed by atoms with Gasteiger partial charge in [0.05, 0.1) is 11.6 Å². The topological polar surface area (TPSA) is 47.3 Å². The first-order valence-corrected chi connectivity index (χ1v) is 6.11. The van der Waals surface area contributed by atoms with E-state index in [1.807, 2.05) is 19.1 Å². The number of nitrogens with zero attached hydrogens (tertiary/aromatic N) is 2. The Balaban J connectivity index is 2.17. The van der Waals surface area contributed by atoms with E-state index in [1.165, 1.54) is 5.69 Å². The molecule has 1 fully saturated rings. The van der Waals surface area contributed by atoms with Crippen LogP contribution in [0.4, 0.5) is 5.69 Å². The molecule has 0 aromatic heterocycles. The van der Waals surface area contributed by atoms with Gasteiger partial charge in [0.15, 0.2) is 0 Å². The predicted molar refractivity (Wildman–Crippen MR) is 67.9 cm³/mol. The highest BCUT2D eigenvalue weighted by Gasteiger charge is 2.19. The fraction of sp³-hybridized carbons (Fsp3) is 0.500. The van der Waals surface area contributed by atoms with Gasteiger partial charge in [-0.15, -0.1) is 0 Å². The van der Waals surface area contributed by atoms with E-state index < -0.39 is 0 Å². The number of hydrogen-bond donors (Lipinski definition) is 1. The van der Waals surface area contributed by atoms with Crippen molar-refractivity contribution < 1.29 is 5.11 Å². The summed E-state index contributed by atoms with van der Waals surface area (Å²) in [6.07, 6.45) is 2.24. The zero-order valence-electron chi connectivity index (χ0n) is 10.2. The van der Waals surface area contributed by atoms with E-state index in [2.05, 4.69) is 17.0 Å². The van der Waals surface area contributed by atoms with Gasteiger partial charge in [0.1, 0.15) is 0 Å². The van der Waals surface area contributed by atoms with E-state index in [0.29, 0.717) is 5.92 Å². The number of benzene rings is 1. The number of rotatable bonds is 2. The molecule has 0 radical (unpaired) electrons. The van der Waals surface area contributed by atoms with E-state index >= 15 is 0 Å². The van der Waals surface area contributed by atoms with Gasteiger partial charge in [-0.05, 0) is 49.4 Å². The molecular weight excluding hydrogens is 212 g/mol. The van der Waals surface area contributed by atoms with E-state index in [1.54, 1.807) is 0 Å². The molecule has 17 heavy (non-hydrogen) atoms. The van der Waals surface area contributed by atoms with E-state index in [-0.39, 0.29) is 6.61 Å². The van der Waals surface area contributed by atoms with Crippen molar-refractivity contribution in [2.75, 3.05) is 24.6 Å². The number of hydrogen-bond acceptors (Lipinski definition) is 3. The lowest BCUT2D eigenvalue weighted by Gasteiger charge is -2.33. The van der Waals surface area contributed by atoms with Crippen LogP contribution < -0.4 is 4.90 Å². The average molecular weight is 230 g/mol. The van der Waals surface area contributed by atoms with Gasteiger partial charge in [0.25, 0.3) is 0 Å². The fourth-order valence-electron chi connectivity index (χ4n) is 2.42. The van der Waals surface area contributed by atoms with Gasteiger partial charge in [-0.2, -0.15) is 5.26 Å². The predicted octanol–water partition coefficient (Wildman–Crippen LogP) is 2.08. The highest BCUT2D eigenvalue weighted by molar-refractivity contribution is 5.53. The third-order valence-corrected chi connectivity index (χ3v) is 3.47. The summed E-state index contributed by atoms with van der Waals surface area (Å²) < 4.78 is 0. The molecule has 1 aromatic carbocycles. The largest absolute Gasteiger partial charge is 0.396 e. The molecule has 0 amide bonds. The highest BCUT2D eigenvalue weighted by atomic mass is 16.3. The Kier molecular flexibility index (Phi) is 3.65. The van der Waals surface area contributed by atoms with Crippen LogP contribution in [0.2, 0.25) is 0 Å². The smallest absolute Gasteiger partial charge is 0.0994 e. The van der Waals surface area contributed by atoms with Crippen molar-refractivity contribution in [1.29, 1.82) is 5.26 Å². The normalized spacial score (nSPS) is 20.1. The van der Waals surface area contributed by atoms with Crippen molar-refractivity contribution in [3.63, 3.8) is 0 Å². The lowest BCUT2D eigenvalue weighted by atomic mass is 9.98. The number of aliphatic hydroxyl groups excluding tert-OH is 1. The van der Waals surface area contributed by atoms with Crippen LogP contribution in [0, 0.1) is 24.2 Å². The number of aliphatic hydroxyl groups is 1. The zero-order valence-corrected chi connectivity index (χ0v) is 10.2. The molecular formula is C14H18N2O.